The predicted octanol–water partition coefficient (Wildman–Crippen LogP) is 5.60. The highest BCUT2D eigenvalue weighted by molar-refractivity contribution is 14.1. The molecule has 0 fully saturated rings. The van der Waals surface area contributed by atoms with Gasteiger partial charge in [0.15, 0.2) is 5.82 Å². The molecule has 6 heteroatoms. The molecule has 2 nitrogen and oxygen atoms in total. The molecule has 0 radical (unpaired) electrons. The Kier molecular flexibility index (Phi) is 4.71. The lowest BCUT2D eigenvalue weighted by molar-refractivity contribution is 0.563. The Morgan fingerprint density at radius 1 is 1.20 bits per heavy atom. The van der Waals surface area contributed by atoms with E-state index in [0.717, 1.165) is 9.26 Å². The van der Waals surface area contributed by atoms with Gasteiger partial charge in [0.1, 0.15) is 11.0 Å². The average molecular weight is 470 g/mol. The maximum absolute atomic E-state index is 13.5. The minimum atomic E-state index is -0.343. The van der Waals surface area contributed by atoms with Crippen LogP contribution in [0.1, 0.15) is 26.5 Å². The molecule has 0 aliphatic heterocycles. The number of nitrogens with zero attached hydrogens (tertiary/aromatic N) is 2. The van der Waals surface area contributed by atoms with Crippen LogP contribution in [0.15, 0.2) is 22.7 Å². The lowest BCUT2D eigenvalue weighted by Crippen LogP contribution is -2.17. The molecule has 1 aromatic carbocycles. The fourth-order valence-electron chi connectivity index (χ4n) is 1.73. The van der Waals surface area contributed by atoms with Crippen LogP contribution in [0.25, 0.3) is 11.4 Å². The van der Waals surface area contributed by atoms with Gasteiger partial charge in [-0.2, -0.15) is 0 Å². The van der Waals surface area contributed by atoms with Crippen LogP contribution in [0.4, 0.5) is 4.39 Å². The molecule has 106 valence electrons. The third-order valence-corrected chi connectivity index (χ3v) is 4.71. The zero-order valence-electron chi connectivity index (χ0n) is 11.1. The molecule has 0 saturated heterocycles. The highest BCUT2D eigenvalue weighted by Crippen LogP contribution is 2.32. The van der Waals surface area contributed by atoms with Gasteiger partial charge in [0.2, 0.25) is 0 Å². The summed E-state index contributed by atoms with van der Waals surface area (Å²) < 4.78 is 15.0. The van der Waals surface area contributed by atoms with Crippen LogP contribution in [0.5, 0.6) is 0 Å². The van der Waals surface area contributed by atoms with Crippen molar-refractivity contribution in [1.29, 1.82) is 0 Å². The molecule has 0 atom stereocenters. The van der Waals surface area contributed by atoms with Gasteiger partial charge in [0.05, 0.1) is 9.26 Å². The van der Waals surface area contributed by atoms with Crippen LogP contribution in [0.2, 0.25) is 5.15 Å². The number of aromatic nitrogens is 2. The van der Waals surface area contributed by atoms with Gasteiger partial charge >= 0.3 is 0 Å². The van der Waals surface area contributed by atoms with Gasteiger partial charge in [0.25, 0.3) is 0 Å². The molecular weight excluding hydrogens is 457 g/mol. The SMILES string of the molecule is CC(C)(C)c1nc(-c2cc(F)cc(Br)c2)nc(Cl)c1I. The lowest BCUT2D eigenvalue weighted by atomic mass is 9.92. The molecule has 20 heavy (non-hydrogen) atoms. The summed E-state index contributed by atoms with van der Waals surface area (Å²) in [5.74, 6) is 0.0884. The van der Waals surface area contributed by atoms with Crippen LogP contribution in [-0.2, 0) is 5.41 Å². The second-order valence-electron chi connectivity index (χ2n) is 5.41. The van der Waals surface area contributed by atoms with Crippen molar-refractivity contribution in [3.63, 3.8) is 0 Å². The van der Waals surface area contributed by atoms with E-state index in [2.05, 4.69) is 69.3 Å². The molecule has 0 spiro atoms. The average Bonchev–Trinajstić information content (AvgIpc) is 2.29. The van der Waals surface area contributed by atoms with Crippen molar-refractivity contribution in [3.8, 4) is 11.4 Å². The van der Waals surface area contributed by atoms with E-state index in [1.807, 2.05) is 0 Å². The van der Waals surface area contributed by atoms with Gasteiger partial charge in [-0.25, -0.2) is 14.4 Å². The second kappa shape index (κ2) is 5.85. The molecule has 0 bridgehead atoms. The molecular formula is C14H12BrClFIN2. The smallest absolute Gasteiger partial charge is 0.161 e. The molecule has 1 heterocycles. The zero-order chi connectivity index (χ0) is 15.1. The third kappa shape index (κ3) is 3.49. The van der Waals surface area contributed by atoms with Crippen LogP contribution in [0, 0.1) is 9.39 Å². The molecule has 0 amide bonds. The van der Waals surface area contributed by atoms with Gasteiger partial charge < -0.3 is 0 Å². The number of hydrogen-bond donors (Lipinski definition) is 0. The highest BCUT2D eigenvalue weighted by Gasteiger charge is 2.23. The van der Waals surface area contributed by atoms with Crippen LogP contribution in [-0.4, -0.2) is 9.97 Å². The van der Waals surface area contributed by atoms with Gasteiger partial charge in [-0.1, -0.05) is 48.3 Å². The van der Waals surface area contributed by atoms with E-state index in [4.69, 9.17) is 11.6 Å². The van der Waals surface area contributed by atoms with Crippen molar-refractivity contribution in [2.24, 2.45) is 0 Å². The monoisotopic (exact) mass is 468 g/mol. The Bertz CT molecular complexity index is 651. The Morgan fingerprint density at radius 3 is 2.40 bits per heavy atom. The normalized spacial score (nSPS) is 11.8. The quantitative estimate of drug-likeness (QED) is 0.401. The van der Waals surface area contributed by atoms with Crippen LogP contribution >= 0.6 is 50.1 Å². The van der Waals surface area contributed by atoms with E-state index in [9.17, 15) is 4.39 Å². The Balaban J connectivity index is 2.67. The summed E-state index contributed by atoms with van der Waals surface area (Å²) >= 11 is 11.6. The number of halogens is 4. The third-order valence-electron chi connectivity index (χ3n) is 2.64. The van der Waals surface area contributed by atoms with Crippen molar-refractivity contribution >= 4 is 50.1 Å². The van der Waals surface area contributed by atoms with E-state index in [-0.39, 0.29) is 11.2 Å². The minimum absolute atomic E-state index is 0.164. The van der Waals surface area contributed by atoms with Crippen molar-refractivity contribution in [3.05, 3.63) is 42.9 Å². The fraction of sp³-hybridized carbons (Fsp3) is 0.286. The minimum Gasteiger partial charge on any atom is -0.231 e. The first-order chi connectivity index (χ1) is 9.18. The van der Waals surface area contributed by atoms with Gasteiger partial charge in [-0.15, -0.1) is 0 Å². The topological polar surface area (TPSA) is 25.8 Å². The Morgan fingerprint density at radius 2 is 1.85 bits per heavy atom. The first-order valence-electron chi connectivity index (χ1n) is 5.88. The number of hydrogen-bond acceptors (Lipinski definition) is 2. The van der Waals surface area contributed by atoms with E-state index < -0.39 is 0 Å². The lowest BCUT2D eigenvalue weighted by Gasteiger charge is -2.20. The van der Waals surface area contributed by atoms with E-state index in [1.54, 1.807) is 6.07 Å². The van der Waals surface area contributed by atoms with Crippen LogP contribution < -0.4 is 0 Å². The van der Waals surface area contributed by atoms with Crippen molar-refractivity contribution < 1.29 is 4.39 Å². The molecule has 0 N–H and O–H groups in total. The summed E-state index contributed by atoms with van der Waals surface area (Å²) in [5.41, 5.74) is 1.29. The molecule has 0 aliphatic rings. The molecule has 0 saturated carbocycles. The second-order valence-corrected chi connectivity index (χ2v) is 7.76. The molecule has 0 unspecified atom stereocenters. The van der Waals surface area contributed by atoms with E-state index in [0.29, 0.717) is 21.0 Å². The first kappa shape index (κ1) is 16.1. The molecule has 2 rings (SSSR count). The zero-order valence-corrected chi connectivity index (χ0v) is 15.6. The van der Waals surface area contributed by atoms with Crippen molar-refractivity contribution in [2.45, 2.75) is 26.2 Å². The summed E-state index contributed by atoms with van der Waals surface area (Å²) in [6.07, 6.45) is 0. The van der Waals surface area contributed by atoms with Gasteiger partial charge in [-0.05, 0) is 40.8 Å². The highest BCUT2D eigenvalue weighted by atomic mass is 127. The maximum atomic E-state index is 13.5. The predicted molar refractivity (Wildman–Crippen MR) is 91.6 cm³/mol. The first-order valence-corrected chi connectivity index (χ1v) is 8.13. The van der Waals surface area contributed by atoms with E-state index in [1.165, 1.54) is 12.1 Å². The summed E-state index contributed by atoms with van der Waals surface area (Å²) in [6, 6.07) is 4.56. The summed E-state index contributed by atoms with van der Waals surface area (Å²) in [5, 5.41) is 0.390. The summed E-state index contributed by atoms with van der Waals surface area (Å²) in [7, 11) is 0. The standard InChI is InChI=1S/C14H12BrClFIN2/c1-14(2,3)11-10(18)12(16)20-13(19-11)7-4-8(15)6-9(17)5-7/h4-6H,1-3H3. The number of rotatable bonds is 1. The van der Waals surface area contributed by atoms with Crippen molar-refractivity contribution in [2.75, 3.05) is 0 Å². The number of benzene rings is 1. The summed E-state index contributed by atoms with van der Waals surface area (Å²) in [4.78, 5) is 8.82. The summed E-state index contributed by atoms with van der Waals surface area (Å²) in [6.45, 7) is 6.16. The van der Waals surface area contributed by atoms with E-state index >= 15 is 0 Å². The molecule has 1 aromatic heterocycles. The van der Waals surface area contributed by atoms with Gasteiger partial charge in [-0.3, -0.25) is 0 Å². The van der Waals surface area contributed by atoms with Crippen molar-refractivity contribution in [1.82, 2.24) is 9.97 Å². The largest absolute Gasteiger partial charge is 0.231 e. The maximum Gasteiger partial charge on any atom is 0.161 e. The molecule has 2 aromatic rings. The molecule has 0 aliphatic carbocycles. The van der Waals surface area contributed by atoms with Gasteiger partial charge in [0, 0.05) is 15.5 Å². The fourth-order valence-corrected chi connectivity index (χ4v) is 3.41. The Hall–Kier alpha value is -0.270. The van der Waals surface area contributed by atoms with Crippen LogP contribution in [0.3, 0.4) is 0 Å². The Labute approximate surface area is 144 Å².